The molecule has 0 saturated carbocycles. The molecule has 0 aliphatic heterocycles. The van der Waals surface area contributed by atoms with Crippen molar-refractivity contribution in [2.24, 2.45) is 0 Å². The van der Waals surface area contributed by atoms with Crippen molar-refractivity contribution in [2.45, 2.75) is 53.0 Å². The van der Waals surface area contributed by atoms with Gasteiger partial charge in [0.05, 0.1) is 5.56 Å². The van der Waals surface area contributed by atoms with Gasteiger partial charge in [0.25, 0.3) is 5.56 Å². The van der Waals surface area contributed by atoms with Crippen LogP contribution in [0.3, 0.4) is 0 Å². The molecule has 0 aliphatic rings. The molecular weight excluding hydrogens is 368 g/mol. The van der Waals surface area contributed by atoms with E-state index in [9.17, 15) is 20.0 Å². The van der Waals surface area contributed by atoms with Crippen molar-refractivity contribution in [3.63, 3.8) is 0 Å². The lowest BCUT2D eigenvalue weighted by atomic mass is 9.98. The van der Waals surface area contributed by atoms with Gasteiger partial charge in [0, 0.05) is 17.5 Å². The molecule has 6 nitrogen and oxygen atoms in total. The molecule has 0 aliphatic carbocycles. The summed E-state index contributed by atoms with van der Waals surface area (Å²) in [5, 5.41) is 21.1. The molecule has 0 spiro atoms. The highest BCUT2D eigenvalue weighted by molar-refractivity contribution is 6.12. The normalized spacial score (nSPS) is 11.0. The van der Waals surface area contributed by atoms with Crippen LogP contribution in [0, 0.1) is 25.2 Å². The molecule has 2 aromatic heterocycles. The molecule has 29 heavy (non-hydrogen) atoms. The van der Waals surface area contributed by atoms with Crippen molar-refractivity contribution >= 4 is 16.8 Å². The van der Waals surface area contributed by atoms with Crippen molar-refractivity contribution in [2.75, 3.05) is 0 Å². The van der Waals surface area contributed by atoms with E-state index in [2.05, 4.69) is 6.92 Å². The van der Waals surface area contributed by atoms with Crippen molar-refractivity contribution in [3.05, 3.63) is 62.6 Å². The molecule has 6 heteroatoms. The number of nitriles is 1. The maximum Gasteiger partial charge on any atom is 0.271 e. The number of benzene rings is 1. The van der Waals surface area contributed by atoms with Crippen LogP contribution in [0.4, 0.5) is 0 Å². The first-order valence-electron chi connectivity index (χ1n) is 9.81. The summed E-state index contributed by atoms with van der Waals surface area (Å²) in [5.74, 6) is -0.843. The number of unbranched alkanes of at least 4 members (excludes halogenated alkanes) is 3. The van der Waals surface area contributed by atoms with Crippen LogP contribution >= 0.6 is 0 Å². The highest BCUT2D eigenvalue weighted by Gasteiger charge is 2.28. The first-order chi connectivity index (χ1) is 13.9. The Morgan fingerprint density at radius 1 is 1.17 bits per heavy atom. The summed E-state index contributed by atoms with van der Waals surface area (Å²) >= 11 is 0. The fourth-order valence-corrected chi connectivity index (χ4v) is 3.63. The van der Waals surface area contributed by atoms with Crippen LogP contribution in [0.25, 0.3) is 11.0 Å². The summed E-state index contributed by atoms with van der Waals surface area (Å²) in [6.45, 7) is 5.61. The number of aromatic hydroxyl groups is 1. The lowest BCUT2D eigenvalue weighted by Crippen LogP contribution is -2.27. The third kappa shape index (κ3) is 3.56. The number of hydrogen-bond acceptors (Lipinski definition) is 5. The lowest BCUT2D eigenvalue weighted by molar-refractivity contribution is 0.100. The van der Waals surface area contributed by atoms with Crippen molar-refractivity contribution < 1.29 is 14.3 Å². The molecule has 0 unspecified atom stereocenters. The van der Waals surface area contributed by atoms with Crippen molar-refractivity contribution in [1.29, 1.82) is 5.26 Å². The largest absolute Gasteiger partial charge is 0.494 e. The average molecular weight is 392 g/mol. The van der Waals surface area contributed by atoms with Crippen LogP contribution in [0.15, 0.2) is 33.5 Å². The summed E-state index contributed by atoms with van der Waals surface area (Å²) in [4.78, 5) is 26.0. The van der Waals surface area contributed by atoms with E-state index in [4.69, 9.17) is 4.42 Å². The Morgan fingerprint density at radius 2 is 1.90 bits per heavy atom. The Labute approximate surface area is 169 Å². The van der Waals surface area contributed by atoms with Gasteiger partial charge in [-0.3, -0.25) is 14.2 Å². The lowest BCUT2D eigenvalue weighted by Gasteiger charge is -2.15. The van der Waals surface area contributed by atoms with Gasteiger partial charge < -0.3 is 9.52 Å². The van der Waals surface area contributed by atoms with E-state index in [1.807, 2.05) is 24.3 Å². The molecule has 0 radical (unpaired) electrons. The Hall–Kier alpha value is -3.33. The molecule has 0 amide bonds. The molecule has 2 heterocycles. The summed E-state index contributed by atoms with van der Waals surface area (Å²) in [6, 6.07) is 9.18. The predicted molar refractivity (Wildman–Crippen MR) is 110 cm³/mol. The van der Waals surface area contributed by atoms with Gasteiger partial charge in [-0.05, 0) is 31.9 Å². The minimum atomic E-state index is -0.572. The number of pyridine rings is 1. The first-order valence-corrected chi connectivity index (χ1v) is 9.81. The quantitative estimate of drug-likeness (QED) is 0.468. The zero-order valence-corrected chi connectivity index (χ0v) is 16.9. The number of furan rings is 1. The fraction of sp³-hybridized carbons (Fsp3) is 0.348. The molecule has 1 aromatic carbocycles. The van der Waals surface area contributed by atoms with E-state index < -0.39 is 17.2 Å². The van der Waals surface area contributed by atoms with Gasteiger partial charge in [-0.1, -0.05) is 44.4 Å². The number of fused-ring (bicyclic) bond motifs is 1. The van der Waals surface area contributed by atoms with Gasteiger partial charge in [-0.15, -0.1) is 0 Å². The van der Waals surface area contributed by atoms with Crippen LogP contribution in [0.5, 0.6) is 5.88 Å². The summed E-state index contributed by atoms with van der Waals surface area (Å²) < 4.78 is 6.88. The van der Waals surface area contributed by atoms with Crippen molar-refractivity contribution in [3.8, 4) is 11.9 Å². The second-order valence-electron chi connectivity index (χ2n) is 7.21. The summed E-state index contributed by atoms with van der Waals surface area (Å²) in [7, 11) is 0. The predicted octanol–water partition coefficient (Wildman–Crippen LogP) is 4.60. The second-order valence-corrected chi connectivity index (χ2v) is 7.21. The maximum atomic E-state index is 13.3. The van der Waals surface area contributed by atoms with Gasteiger partial charge in [-0.2, -0.15) is 5.26 Å². The minimum absolute atomic E-state index is 0.0567. The zero-order valence-electron chi connectivity index (χ0n) is 16.9. The monoisotopic (exact) mass is 392 g/mol. The van der Waals surface area contributed by atoms with Gasteiger partial charge in [0.2, 0.25) is 11.7 Å². The summed E-state index contributed by atoms with van der Waals surface area (Å²) in [5.41, 5.74) is 0.637. The molecule has 0 bridgehead atoms. The fourth-order valence-electron chi connectivity index (χ4n) is 3.63. The standard InChI is InChI=1S/C23H24N2O4/c1-4-5-6-9-12-25-22(27)17(13-24)14(2)19(23(25)28)20(26)21-15(3)16-10-7-8-11-18(16)29-21/h7-8,10-11,28H,4-6,9,12H2,1-3H3. The number of nitrogens with zero attached hydrogens (tertiary/aromatic N) is 2. The molecule has 3 aromatic rings. The number of para-hydroxylation sites is 1. The number of aryl methyl sites for hydroxylation is 1. The molecule has 0 fully saturated rings. The van der Waals surface area contributed by atoms with E-state index >= 15 is 0 Å². The van der Waals surface area contributed by atoms with Crippen LogP contribution < -0.4 is 5.56 Å². The summed E-state index contributed by atoms with van der Waals surface area (Å²) in [6.07, 6.45) is 3.61. The number of ketones is 1. The van der Waals surface area contributed by atoms with Gasteiger partial charge in [0.15, 0.2) is 5.76 Å². The van der Waals surface area contributed by atoms with E-state index in [1.54, 1.807) is 13.0 Å². The zero-order chi connectivity index (χ0) is 21.1. The number of rotatable bonds is 7. The van der Waals surface area contributed by atoms with Gasteiger partial charge in [-0.25, -0.2) is 0 Å². The number of aromatic nitrogens is 1. The molecule has 3 rings (SSSR count). The van der Waals surface area contributed by atoms with Crippen LogP contribution in [0.2, 0.25) is 0 Å². The highest BCUT2D eigenvalue weighted by Crippen LogP contribution is 2.31. The molecule has 0 saturated heterocycles. The Kier molecular flexibility index (Phi) is 5.88. The Bertz CT molecular complexity index is 1180. The van der Waals surface area contributed by atoms with Crippen LogP contribution in [-0.2, 0) is 6.54 Å². The van der Waals surface area contributed by atoms with Crippen molar-refractivity contribution in [1.82, 2.24) is 4.57 Å². The first kappa shape index (κ1) is 20.4. The third-order valence-corrected chi connectivity index (χ3v) is 5.31. The van der Waals surface area contributed by atoms with E-state index in [1.165, 1.54) is 6.92 Å². The smallest absolute Gasteiger partial charge is 0.271 e. The molecular formula is C23H24N2O4. The van der Waals surface area contributed by atoms with E-state index in [0.29, 0.717) is 17.6 Å². The Balaban J connectivity index is 2.14. The van der Waals surface area contributed by atoms with Gasteiger partial charge in [0.1, 0.15) is 17.2 Å². The highest BCUT2D eigenvalue weighted by atomic mass is 16.3. The number of carbonyl (C=O) groups excluding carboxylic acids is 1. The number of hydrogen-bond donors (Lipinski definition) is 1. The molecule has 1 N–H and O–H groups in total. The maximum absolute atomic E-state index is 13.3. The third-order valence-electron chi connectivity index (χ3n) is 5.31. The van der Waals surface area contributed by atoms with E-state index in [0.717, 1.165) is 29.2 Å². The van der Waals surface area contributed by atoms with E-state index in [-0.39, 0.29) is 29.0 Å². The minimum Gasteiger partial charge on any atom is -0.494 e. The SMILES string of the molecule is CCCCCCn1c(O)c(C(=O)c2oc3ccccc3c2C)c(C)c(C#N)c1=O. The second kappa shape index (κ2) is 8.36. The molecule has 150 valence electrons. The topological polar surface area (TPSA) is 96.2 Å². The Morgan fingerprint density at radius 3 is 2.55 bits per heavy atom. The average Bonchev–Trinajstić information content (AvgIpc) is 3.04. The van der Waals surface area contributed by atoms with Crippen LogP contribution in [-0.4, -0.2) is 15.5 Å². The van der Waals surface area contributed by atoms with Gasteiger partial charge >= 0.3 is 0 Å². The molecule has 0 atom stereocenters. The number of carbonyl (C=O) groups is 1. The van der Waals surface area contributed by atoms with Crippen LogP contribution in [0.1, 0.15) is 65.4 Å².